The van der Waals surface area contributed by atoms with Crippen molar-refractivity contribution in [2.75, 3.05) is 11.9 Å². The average molecular weight is 266 g/mol. The normalized spacial score (nSPS) is 10.6. The SMILES string of the molecule is CCCc1c(Cl)ncnc1NCCc1ccco1. The first kappa shape index (κ1) is 12.9. The Morgan fingerprint density at radius 3 is 2.94 bits per heavy atom. The molecule has 96 valence electrons. The molecule has 0 atom stereocenters. The van der Waals surface area contributed by atoms with Crippen LogP contribution in [0.1, 0.15) is 24.7 Å². The minimum absolute atomic E-state index is 0.535. The van der Waals surface area contributed by atoms with E-state index in [-0.39, 0.29) is 0 Å². The van der Waals surface area contributed by atoms with Crippen molar-refractivity contribution in [2.45, 2.75) is 26.2 Å². The number of nitrogens with one attached hydrogen (secondary N) is 1. The van der Waals surface area contributed by atoms with E-state index in [0.717, 1.165) is 42.9 Å². The highest BCUT2D eigenvalue weighted by molar-refractivity contribution is 6.30. The molecule has 0 amide bonds. The van der Waals surface area contributed by atoms with Crippen molar-refractivity contribution < 1.29 is 4.42 Å². The second-order valence-corrected chi connectivity index (χ2v) is 4.36. The lowest BCUT2D eigenvalue weighted by Gasteiger charge is -2.10. The molecule has 0 aliphatic rings. The van der Waals surface area contributed by atoms with E-state index < -0.39 is 0 Å². The summed E-state index contributed by atoms with van der Waals surface area (Å²) in [5.41, 5.74) is 0.987. The van der Waals surface area contributed by atoms with Gasteiger partial charge in [0.1, 0.15) is 23.1 Å². The van der Waals surface area contributed by atoms with Crippen LogP contribution in [0.15, 0.2) is 29.1 Å². The van der Waals surface area contributed by atoms with Crippen molar-refractivity contribution in [2.24, 2.45) is 0 Å². The topological polar surface area (TPSA) is 51.0 Å². The third-order valence-electron chi connectivity index (χ3n) is 2.64. The van der Waals surface area contributed by atoms with Gasteiger partial charge in [0.25, 0.3) is 0 Å². The molecule has 18 heavy (non-hydrogen) atoms. The van der Waals surface area contributed by atoms with Gasteiger partial charge in [0.15, 0.2) is 0 Å². The molecule has 0 saturated carbocycles. The molecule has 2 aromatic heterocycles. The molecule has 0 aromatic carbocycles. The van der Waals surface area contributed by atoms with Gasteiger partial charge < -0.3 is 9.73 Å². The minimum Gasteiger partial charge on any atom is -0.469 e. The number of anilines is 1. The van der Waals surface area contributed by atoms with Crippen LogP contribution in [0.5, 0.6) is 0 Å². The Labute approximate surface area is 111 Å². The highest BCUT2D eigenvalue weighted by atomic mass is 35.5. The lowest BCUT2D eigenvalue weighted by Crippen LogP contribution is -2.09. The van der Waals surface area contributed by atoms with Crippen LogP contribution in [-0.2, 0) is 12.8 Å². The molecular formula is C13H16ClN3O. The highest BCUT2D eigenvalue weighted by Crippen LogP contribution is 2.21. The molecule has 0 unspecified atom stereocenters. The average Bonchev–Trinajstić information content (AvgIpc) is 2.86. The number of hydrogen-bond donors (Lipinski definition) is 1. The van der Waals surface area contributed by atoms with Gasteiger partial charge in [-0.1, -0.05) is 24.9 Å². The predicted octanol–water partition coefficient (Wildman–Crippen LogP) is 3.33. The van der Waals surface area contributed by atoms with Crippen LogP contribution in [0, 0.1) is 0 Å². The van der Waals surface area contributed by atoms with E-state index >= 15 is 0 Å². The summed E-state index contributed by atoms with van der Waals surface area (Å²) in [6.45, 7) is 2.87. The van der Waals surface area contributed by atoms with Crippen molar-refractivity contribution in [3.63, 3.8) is 0 Å². The summed E-state index contributed by atoms with van der Waals surface area (Å²) < 4.78 is 5.27. The summed E-state index contributed by atoms with van der Waals surface area (Å²) in [6.07, 6.45) is 5.87. The van der Waals surface area contributed by atoms with Gasteiger partial charge >= 0.3 is 0 Å². The maximum atomic E-state index is 6.08. The molecule has 0 saturated heterocycles. The van der Waals surface area contributed by atoms with E-state index in [1.807, 2.05) is 12.1 Å². The van der Waals surface area contributed by atoms with Crippen molar-refractivity contribution in [3.05, 3.63) is 41.2 Å². The molecule has 4 nitrogen and oxygen atoms in total. The summed E-state index contributed by atoms with van der Waals surface area (Å²) in [7, 11) is 0. The molecule has 2 heterocycles. The van der Waals surface area contributed by atoms with Crippen LogP contribution < -0.4 is 5.32 Å². The molecule has 0 aliphatic heterocycles. The van der Waals surface area contributed by atoms with Crippen LogP contribution in [0.4, 0.5) is 5.82 Å². The van der Waals surface area contributed by atoms with Gasteiger partial charge in [-0.15, -0.1) is 0 Å². The van der Waals surface area contributed by atoms with Gasteiger partial charge in [0.2, 0.25) is 0 Å². The Bertz CT molecular complexity index is 485. The molecule has 1 N–H and O–H groups in total. The van der Waals surface area contributed by atoms with Crippen molar-refractivity contribution in [1.29, 1.82) is 0 Å². The Morgan fingerprint density at radius 1 is 1.33 bits per heavy atom. The third-order valence-corrected chi connectivity index (χ3v) is 2.96. The van der Waals surface area contributed by atoms with Crippen LogP contribution in [0.2, 0.25) is 5.15 Å². The van der Waals surface area contributed by atoms with Crippen molar-refractivity contribution in [1.82, 2.24) is 9.97 Å². The van der Waals surface area contributed by atoms with E-state index in [4.69, 9.17) is 16.0 Å². The Balaban J connectivity index is 1.98. The number of nitrogens with zero attached hydrogens (tertiary/aromatic N) is 2. The summed E-state index contributed by atoms with van der Waals surface area (Å²) in [4.78, 5) is 8.25. The van der Waals surface area contributed by atoms with Gasteiger partial charge in [-0.25, -0.2) is 9.97 Å². The van der Waals surface area contributed by atoms with Crippen LogP contribution in [0.3, 0.4) is 0 Å². The Morgan fingerprint density at radius 2 is 2.22 bits per heavy atom. The Kier molecular flexibility index (Phi) is 4.59. The van der Waals surface area contributed by atoms with E-state index in [1.54, 1.807) is 6.26 Å². The van der Waals surface area contributed by atoms with Gasteiger partial charge in [-0.3, -0.25) is 0 Å². The zero-order valence-electron chi connectivity index (χ0n) is 10.3. The molecule has 0 spiro atoms. The molecular weight excluding hydrogens is 250 g/mol. The first-order valence-electron chi connectivity index (χ1n) is 6.07. The lowest BCUT2D eigenvalue weighted by molar-refractivity contribution is 0.513. The highest BCUT2D eigenvalue weighted by Gasteiger charge is 2.08. The fourth-order valence-electron chi connectivity index (χ4n) is 1.77. The fourth-order valence-corrected chi connectivity index (χ4v) is 2.00. The van der Waals surface area contributed by atoms with Crippen molar-refractivity contribution in [3.8, 4) is 0 Å². The smallest absolute Gasteiger partial charge is 0.137 e. The third kappa shape index (κ3) is 3.23. The van der Waals surface area contributed by atoms with Gasteiger partial charge in [-0.05, 0) is 18.6 Å². The minimum atomic E-state index is 0.535. The number of hydrogen-bond acceptors (Lipinski definition) is 4. The molecule has 2 rings (SSSR count). The summed E-state index contributed by atoms with van der Waals surface area (Å²) in [6, 6.07) is 3.85. The van der Waals surface area contributed by atoms with Crippen LogP contribution >= 0.6 is 11.6 Å². The molecule has 5 heteroatoms. The maximum Gasteiger partial charge on any atom is 0.137 e. The maximum absolute atomic E-state index is 6.08. The zero-order chi connectivity index (χ0) is 12.8. The zero-order valence-corrected chi connectivity index (χ0v) is 11.1. The fraction of sp³-hybridized carbons (Fsp3) is 0.385. The first-order valence-corrected chi connectivity index (χ1v) is 6.44. The Hall–Kier alpha value is -1.55. The quantitative estimate of drug-likeness (QED) is 0.814. The number of rotatable bonds is 6. The van der Waals surface area contributed by atoms with E-state index in [0.29, 0.717) is 5.15 Å². The second kappa shape index (κ2) is 6.40. The molecule has 0 radical (unpaired) electrons. The summed E-state index contributed by atoms with van der Waals surface area (Å²) >= 11 is 6.08. The first-order chi connectivity index (χ1) is 8.81. The molecule has 0 aliphatic carbocycles. The largest absolute Gasteiger partial charge is 0.469 e. The summed E-state index contributed by atoms with van der Waals surface area (Å²) in [5, 5.41) is 3.82. The second-order valence-electron chi connectivity index (χ2n) is 4.00. The standard InChI is InChI=1S/C13H16ClN3O/c1-2-4-11-12(14)16-9-17-13(11)15-7-6-10-5-3-8-18-10/h3,5,8-9H,2,4,6-7H2,1H3,(H,15,16,17). The van der Waals surface area contributed by atoms with Crippen LogP contribution in [-0.4, -0.2) is 16.5 Å². The monoisotopic (exact) mass is 265 g/mol. The van der Waals surface area contributed by atoms with E-state index in [2.05, 4.69) is 22.2 Å². The summed E-state index contributed by atoms with van der Waals surface area (Å²) in [5.74, 6) is 1.78. The number of furan rings is 1. The van der Waals surface area contributed by atoms with Gasteiger partial charge in [-0.2, -0.15) is 0 Å². The lowest BCUT2D eigenvalue weighted by atomic mass is 10.2. The molecule has 0 bridgehead atoms. The predicted molar refractivity (Wildman–Crippen MR) is 71.9 cm³/mol. The van der Waals surface area contributed by atoms with Gasteiger partial charge in [0.05, 0.1) is 6.26 Å². The van der Waals surface area contributed by atoms with E-state index in [1.165, 1.54) is 6.33 Å². The van der Waals surface area contributed by atoms with Gasteiger partial charge in [0, 0.05) is 18.5 Å². The number of halogens is 1. The van der Waals surface area contributed by atoms with Crippen LogP contribution in [0.25, 0.3) is 0 Å². The number of aromatic nitrogens is 2. The van der Waals surface area contributed by atoms with Crippen molar-refractivity contribution >= 4 is 17.4 Å². The molecule has 2 aromatic rings. The van der Waals surface area contributed by atoms with E-state index in [9.17, 15) is 0 Å². The molecule has 0 fully saturated rings.